The zero-order chi connectivity index (χ0) is 22.9. The number of rotatable bonds is 10. The number of amides is 1. The summed E-state index contributed by atoms with van der Waals surface area (Å²) in [4.78, 5) is 12.3. The Morgan fingerprint density at radius 3 is 2.66 bits per heavy atom. The molecule has 1 aromatic heterocycles. The Labute approximate surface area is 196 Å². The van der Waals surface area contributed by atoms with E-state index in [4.69, 9.17) is 21.1 Å². The molecule has 3 aromatic rings. The summed E-state index contributed by atoms with van der Waals surface area (Å²) in [6, 6.07) is 13.2. The predicted octanol–water partition coefficient (Wildman–Crippen LogP) is 4.59. The molecule has 0 radical (unpaired) electrons. The van der Waals surface area contributed by atoms with E-state index in [0.717, 1.165) is 21.3 Å². The van der Waals surface area contributed by atoms with Crippen LogP contribution >= 0.6 is 23.4 Å². The third-order valence-corrected chi connectivity index (χ3v) is 6.06. The van der Waals surface area contributed by atoms with Crippen LogP contribution in [0.2, 0.25) is 5.02 Å². The first-order chi connectivity index (χ1) is 15.5. The van der Waals surface area contributed by atoms with Gasteiger partial charge >= 0.3 is 0 Å². The van der Waals surface area contributed by atoms with E-state index in [9.17, 15) is 4.79 Å². The van der Waals surface area contributed by atoms with Gasteiger partial charge in [-0.05, 0) is 42.3 Å². The van der Waals surface area contributed by atoms with Crippen molar-refractivity contribution >= 4 is 35.3 Å². The first kappa shape index (κ1) is 23.7. The number of nitrogens with zero attached hydrogens (tertiary/aromatic N) is 3. The number of ether oxygens (including phenoxy) is 2. The van der Waals surface area contributed by atoms with Crippen LogP contribution in [0, 0.1) is 0 Å². The lowest BCUT2D eigenvalue weighted by Gasteiger charge is -2.08. The van der Waals surface area contributed by atoms with E-state index in [1.54, 1.807) is 44.2 Å². The lowest BCUT2D eigenvalue weighted by molar-refractivity contribution is -0.116. The number of halogens is 1. The zero-order valence-electron chi connectivity index (χ0n) is 18.2. The van der Waals surface area contributed by atoms with E-state index in [1.165, 1.54) is 6.08 Å². The third-order valence-electron chi connectivity index (χ3n) is 4.68. The Morgan fingerprint density at radius 1 is 1.16 bits per heavy atom. The molecule has 0 saturated carbocycles. The van der Waals surface area contributed by atoms with E-state index in [2.05, 4.69) is 15.5 Å². The van der Waals surface area contributed by atoms with Crippen molar-refractivity contribution in [3.63, 3.8) is 0 Å². The van der Waals surface area contributed by atoms with Crippen molar-refractivity contribution in [1.29, 1.82) is 0 Å². The van der Waals surface area contributed by atoms with Gasteiger partial charge in [-0.25, -0.2) is 0 Å². The molecule has 168 valence electrons. The summed E-state index contributed by atoms with van der Waals surface area (Å²) in [6.45, 7) is 3.00. The van der Waals surface area contributed by atoms with E-state index in [0.29, 0.717) is 29.6 Å². The summed E-state index contributed by atoms with van der Waals surface area (Å²) in [7, 11) is 3.15. The van der Waals surface area contributed by atoms with Gasteiger partial charge in [0.15, 0.2) is 22.5 Å². The highest BCUT2D eigenvalue weighted by Gasteiger charge is 2.13. The van der Waals surface area contributed by atoms with Crippen molar-refractivity contribution in [2.24, 2.45) is 0 Å². The van der Waals surface area contributed by atoms with Crippen molar-refractivity contribution in [3.8, 4) is 11.5 Å². The number of carbonyl (C=O) groups is 1. The maximum Gasteiger partial charge on any atom is 0.244 e. The SMILES string of the molecule is CCn1c(CNC(=O)/C=C/c2ccc(OC)c(OC)c2)nnc1SCc1ccccc1Cl. The molecule has 7 nitrogen and oxygen atoms in total. The minimum absolute atomic E-state index is 0.226. The van der Waals surface area contributed by atoms with Crippen LogP contribution in [0.1, 0.15) is 23.9 Å². The molecular formula is C23H25ClN4O3S. The summed E-state index contributed by atoms with van der Waals surface area (Å²) in [5.74, 6) is 2.40. The van der Waals surface area contributed by atoms with E-state index in [1.807, 2.05) is 41.8 Å². The summed E-state index contributed by atoms with van der Waals surface area (Å²) in [5, 5.41) is 12.9. The second-order valence-corrected chi connectivity index (χ2v) is 8.04. The maximum absolute atomic E-state index is 12.3. The minimum atomic E-state index is -0.226. The van der Waals surface area contributed by atoms with Crippen LogP contribution < -0.4 is 14.8 Å². The van der Waals surface area contributed by atoms with Crippen LogP contribution in [-0.2, 0) is 23.6 Å². The number of benzene rings is 2. The van der Waals surface area contributed by atoms with Crippen LogP contribution in [0.3, 0.4) is 0 Å². The lowest BCUT2D eigenvalue weighted by atomic mass is 10.2. The number of methoxy groups -OCH3 is 2. The number of hydrogen-bond donors (Lipinski definition) is 1. The molecule has 0 saturated heterocycles. The highest BCUT2D eigenvalue weighted by Crippen LogP contribution is 2.28. The summed E-state index contributed by atoms with van der Waals surface area (Å²) in [5.41, 5.74) is 1.87. The van der Waals surface area contributed by atoms with Gasteiger partial charge in [-0.2, -0.15) is 0 Å². The van der Waals surface area contributed by atoms with Crippen LogP contribution in [0.4, 0.5) is 0 Å². The van der Waals surface area contributed by atoms with Gasteiger partial charge in [0.05, 0.1) is 20.8 Å². The van der Waals surface area contributed by atoms with Crippen molar-refractivity contribution in [3.05, 3.63) is 70.5 Å². The fourth-order valence-electron chi connectivity index (χ4n) is 2.99. The Hall–Kier alpha value is -2.97. The molecule has 0 aliphatic rings. The molecule has 1 N–H and O–H groups in total. The molecule has 0 atom stereocenters. The van der Waals surface area contributed by atoms with Crippen molar-refractivity contribution < 1.29 is 14.3 Å². The van der Waals surface area contributed by atoms with Crippen LogP contribution in [0.15, 0.2) is 53.7 Å². The topological polar surface area (TPSA) is 78.3 Å². The van der Waals surface area contributed by atoms with Gasteiger partial charge in [0.2, 0.25) is 5.91 Å². The van der Waals surface area contributed by atoms with Crippen LogP contribution in [-0.4, -0.2) is 34.9 Å². The Balaban J connectivity index is 1.59. The van der Waals surface area contributed by atoms with Gasteiger partial charge in [0, 0.05) is 23.4 Å². The first-order valence-corrected chi connectivity index (χ1v) is 11.4. The molecule has 0 aliphatic heterocycles. The quantitative estimate of drug-likeness (QED) is 0.343. The predicted molar refractivity (Wildman–Crippen MR) is 127 cm³/mol. The summed E-state index contributed by atoms with van der Waals surface area (Å²) >= 11 is 7.80. The van der Waals surface area contributed by atoms with Gasteiger partial charge in [-0.1, -0.05) is 47.6 Å². The fourth-order valence-corrected chi connectivity index (χ4v) is 4.29. The van der Waals surface area contributed by atoms with Gasteiger partial charge in [0.25, 0.3) is 0 Å². The molecular weight excluding hydrogens is 448 g/mol. The average molecular weight is 473 g/mol. The van der Waals surface area contributed by atoms with Crippen LogP contribution in [0.5, 0.6) is 11.5 Å². The summed E-state index contributed by atoms with van der Waals surface area (Å²) < 4.78 is 12.5. The molecule has 0 fully saturated rings. The molecule has 0 spiro atoms. The molecule has 0 unspecified atom stereocenters. The molecule has 32 heavy (non-hydrogen) atoms. The number of nitrogens with one attached hydrogen (secondary N) is 1. The first-order valence-electron chi connectivity index (χ1n) is 10.0. The third kappa shape index (κ3) is 6.05. The molecule has 9 heteroatoms. The Morgan fingerprint density at radius 2 is 1.94 bits per heavy atom. The minimum Gasteiger partial charge on any atom is -0.493 e. The second-order valence-electron chi connectivity index (χ2n) is 6.69. The molecule has 0 aliphatic carbocycles. The number of thioether (sulfide) groups is 1. The monoisotopic (exact) mass is 472 g/mol. The van der Waals surface area contributed by atoms with Gasteiger partial charge in [0.1, 0.15) is 0 Å². The lowest BCUT2D eigenvalue weighted by Crippen LogP contribution is -2.22. The smallest absolute Gasteiger partial charge is 0.244 e. The number of aromatic nitrogens is 3. The average Bonchev–Trinajstić information content (AvgIpc) is 3.22. The summed E-state index contributed by atoms with van der Waals surface area (Å²) in [6.07, 6.45) is 3.19. The fraction of sp³-hybridized carbons (Fsp3) is 0.261. The largest absolute Gasteiger partial charge is 0.493 e. The van der Waals surface area contributed by atoms with Gasteiger partial charge < -0.3 is 19.4 Å². The van der Waals surface area contributed by atoms with Crippen LogP contribution in [0.25, 0.3) is 6.08 Å². The highest BCUT2D eigenvalue weighted by atomic mass is 35.5. The Bertz CT molecular complexity index is 1100. The van der Waals surface area contributed by atoms with E-state index in [-0.39, 0.29) is 12.5 Å². The second kappa shape index (κ2) is 11.6. The van der Waals surface area contributed by atoms with Gasteiger partial charge in [-0.15, -0.1) is 10.2 Å². The number of hydrogen-bond acceptors (Lipinski definition) is 6. The van der Waals surface area contributed by atoms with Crippen molar-refractivity contribution in [2.75, 3.05) is 14.2 Å². The van der Waals surface area contributed by atoms with E-state index < -0.39 is 0 Å². The maximum atomic E-state index is 12.3. The molecule has 2 aromatic carbocycles. The Kier molecular flexibility index (Phi) is 8.58. The molecule has 0 bridgehead atoms. The molecule has 3 rings (SSSR count). The van der Waals surface area contributed by atoms with E-state index >= 15 is 0 Å². The molecule has 1 heterocycles. The zero-order valence-corrected chi connectivity index (χ0v) is 19.7. The number of carbonyl (C=O) groups excluding carboxylic acids is 1. The van der Waals surface area contributed by atoms with Gasteiger partial charge in [-0.3, -0.25) is 4.79 Å². The standard InChI is InChI=1S/C23H25ClN4O3S/c1-4-28-21(26-27-23(28)32-15-17-7-5-6-8-18(17)24)14-25-22(29)12-10-16-9-11-19(30-2)20(13-16)31-3/h5-13H,4,14-15H2,1-3H3,(H,25,29)/b12-10+. The van der Waals surface area contributed by atoms with Crippen molar-refractivity contribution in [1.82, 2.24) is 20.1 Å². The van der Waals surface area contributed by atoms with Crippen molar-refractivity contribution in [2.45, 2.75) is 30.9 Å². The molecule has 1 amide bonds. The highest BCUT2D eigenvalue weighted by molar-refractivity contribution is 7.98. The normalized spacial score (nSPS) is 11.0.